The third-order valence-corrected chi connectivity index (χ3v) is 23.5. The van der Waals surface area contributed by atoms with Gasteiger partial charge in [0.1, 0.15) is 104 Å². The summed E-state index contributed by atoms with van der Waals surface area (Å²) < 4.78 is 60.0. The molecule has 0 aromatic heterocycles. The highest BCUT2D eigenvalue weighted by atomic mass is 16.8. The van der Waals surface area contributed by atoms with Crippen LogP contribution in [0.2, 0.25) is 0 Å². The Morgan fingerprint density at radius 2 is 1.11 bits per heavy atom. The summed E-state index contributed by atoms with van der Waals surface area (Å²) >= 11 is 0. The first kappa shape index (κ1) is 68.0. The van der Waals surface area contributed by atoms with E-state index in [2.05, 4.69) is 26.8 Å². The largest absolute Gasteiger partial charge is 0.432 e. The van der Waals surface area contributed by atoms with Gasteiger partial charge in [-0.25, -0.2) is 0 Å². The number of hydrogen-bond acceptors (Lipinski definition) is 28. The summed E-state index contributed by atoms with van der Waals surface area (Å²) in [7, 11) is 0. The topological polar surface area (TPSA) is 453 Å². The first-order valence-corrected chi connectivity index (χ1v) is 30.9. The van der Waals surface area contributed by atoms with Gasteiger partial charge < -0.3 is 134 Å². The monoisotopic (exact) mass is 1250 g/mol. The fourth-order valence-corrected chi connectivity index (χ4v) is 17.6. The van der Waals surface area contributed by atoms with Gasteiger partial charge in [0.15, 0.2) is 31.3 Å². The third kappa shape index (κ3) is 11.4. The zero-order chi connectivity index (χ0) is 63.4. The number of hydrogen-bond donors (Lipinski definition) is 17. The Bertz CT molecular complexity index is 2410. The van der Waals surface area contributed by atoms with Crippen molar-refractivity contribution >= 4 is 5.97 Å². The highest BCUT2D eigenvalue weighted by Crippen LogP contribution is 2.76. The van der Waals surface area contributed by atoms with Crippen LogP contribution in [0, 0.1) is 50.2 Å². The molecule has 34 atom stereocenters. The number of fused-ring (bicyclic) bond motifs is 7. The molecule has 5 aliphatic carbocycles. The number of carbonyl (C=O) groups excluding carboxylic acids is 1. The van der Waals surface area contributed by atoms with Gasteiger partial charge in [0.25, 0.3) is 0 Å². The number of carbonyl (C=O) groups is 1. The maximum absolute atomic E-state index is 15.7. The van der Waals surface area contributed by atoms with Crippen LogP contribution in [0.25, 0.3) is 0 Å². The fraction of sp³-hybridized carbons (Fsp3) is 0.949. The van der Waals surface area contributed by atoms with Crippen molar-refractivity contribution in [2.24, 2.45) is 50.2 Å². The van der Waals surface area contributed by atoms with E-state index in [4.69, 9.17) is 47.4 Å². The highest BCUT2D eigenvalue weighted by Gasteiger charge is 2.71. The van der Waals surface area contributed by atoms with Crippen molar-refractivity contribution in [3.05, 3.63) is 11.6 Å². The van der Waals surface area contributed by atoms with Gasteiger partial charge in [-0.1, -0.05) is 46.3 Å². The van der Waals surface area contributed by atoms with Crippen molar-refractivity contribution in [1.29, 1.82) is 0 Å². The second kappa shape index (κ2) is 25.5. The fourth-order valence-electron chi connectivity index (χ4n) is 17.6. The van der Waals surface area contributed by atoms with Crippen molar-refractivity contribution < 1.29 is 139 Å². The molecule has 0 unspecified atom stereocenters. The Balaban J connectivity index is 0.919. The van der Waals surface area contributed by atoms with Crippen LogP contribution in [-0.2, 0) is 52.2 Å². The smallest absolute Gasteiger partial charge is 0.315 e. The molecule has 5 heterocycles. The third-order valence-electron chi connectivity index (χ3n) is 23.5. The minimum absolute atomic E-state index is 0.0234. The molecule has 5 aliphatic heterocycles. The predicted molar refractivity (Wildman–Crippen MR) is 291 cm³/mol. The van der Waals surface area contributed by atoms with E-state index in [0.717, 1.165) is 5.57 Å². The van der Waals surface area contributed by atoms with E-state index in [1.807, 2.05) is 13.8 Å². The molecule has 10 rings (SSSR count). The van der Waals surface area contributed by atoms with Gasteiger partial charge in [0.2, 0.25) is 6.29 Å². The second-order valence-corrected chi connectivity index (χ2v) is 28.3. The minimum atomic E-state index is -2.05. The predicted octanol–water partition coefficient (Wildman–Crippen LogP) is -4.60. The molecule has 0 aromatic carbocycles. The molecule has 10 aliphatic rings. The summed E-state index contributed by atoms with van der Waals surface area (Å²) in [5.74, 6) is -1.42. The number of allylic oxidation sites excluding steroid dienone is 2. The van der Waals surface area contributed by atoms with E-state index < -0.39 is 218 Å². The van der Waals surface area contributed by atoms with Crippen LogP contribution in [0.3, 0.4) is 0 Å². The van der Waals surface area contributed by atoms with Crippen LogP contribution < -0.4 is 0 Å². The molecule has 28 heteroatoms. The number of aliphatic hydroxyl groups excluding tert-OH is 17. The van der Waals surface area contributed by atoms with Crippen LogP contribution >= 0.6 is 0 Å². The average Bonchev–Trinajstić information content (AvgIpc) is 0.697. The summed E-state index contributed by atoms with van der Waals surface area (Å²) in [4.78, 5) is 15.7. The van der Waals surface area contributed by atoms with Gasteiger partial charge in [0, 0.05) is 12.0 Å². The lowest BCUT2D eigenvalue weighted by Gasteiger charge is -2.71. The van der Waals surface area contributed by atoms with E-state index in [0.29, 0.717) is 51.4 Å². The molecule has 5 saturated heterocycles. The van der Waals surface area contributed by atoms with Crippen LogP contribution in [0.5, 0.6) is 0 Å². The Labute approximate surface area is 504 Å². The molecule has 0 spiro atoms. The van der Waals surface area contributed by atoms with Crippen LogP contribution in [0.1, 0.15) is 106 Å². The van der Waals surface area contributed by atoms with Crippen molar-refractivity contribution in [3.63, 3.8) is 0 Å². The summed E-state index contributed by atoms with van der Waals surface area (Å²) in [5.41, 5.74) is -3.19. The Morgan fingerprint density at radius 1 is 0.552 bits per heavy atom. The van der Waals surface area contributed by atoms with E-state index in [1.54, 1.807) is 0 Å². The zero-order valence-corrected chi connectivity index (χ0v) is 50.2. The SMILES string of the molecule is C[C@@H]1O[C@@H](O[C@H]2[C@H](O[C@H]3CC[C@@]4(C)[C@@H](CC[C@]5(C)[C@@H]4CC=C4[C@@H]6C[C@](C)(CO)CC[C@]6(C(=O)O[C@@H]6O[C@H](CO[C@@H]7O[C@H](CO)[C@@H](O)[C@H](O)[C@H]7O)[C@@H](O)[C@H](O)[C@H]6O[C@@H]6O[C@H](CO)[C@@H](O)[C@H](O)[C@H]6O)CC[C@]45C)[C@]3(C)CO)OC[C@H](O)[C@@H]2O)[C@H](O)[C@H](O)[C@H]1O. The van der Waals surface area contributed by atoms with Gasteiger partial charge in [0.05, 0.1) is 50.7 Å². The number of aliphatic hydroxyl groups is 17. The van der Waals surface area contributed by atoms with Crippen molar-refractivity contribution in [1.82, 2.24) is 0 Å². The Morgan fingerprint density at radius 3 is 1.74 bits per heavy atom. The lowest BCUT2D eigenvalue weighted by atomic mass is 9.33. The summed E-state index contributed by atoms with van der Waals surface area (Å²) in [6.45, 7) is 9.12. The van der Waals surface area contributed by atoms with Crippen molar-refractivity contribution in [3.8, 4) is 0 Å². The molecule has 0 radical (unpaired) electrons. The van der Waals surface area contributed by atoms with E-state index in [-0.39, 0.29) is 44.5 Å². The minimum Gasteiger partial charge on any atom is -0.432 e. The zero-order valence-electron chi connectivity index (χ0n) is 50.2. The van der Waals surface area contributed by atoms with Crippen LogP contribution in [0.15, 0.2) is 11.6 Å². The number of rotatable bonds is 15. The van der Waals surface area contributed by atoms with Crippen molar-refractivity contribution in [2.45, 2.75) is 259 Å². The normalized spacial score (nSPS) is 55.4. The molecule has 17 N–H and O–H groups in total. The molecule has 87 heavy (non-hydrogen) atoms. The van der Waals surface area contributed by atoms with Crippen molar-refractivity contribution in [2.75, 3.05) is 39.6 Å². The molecule has 0 bridgehead atoms. The van der Waals surface area contributed by atoms with Gasteiger partial charge in [-0.3, -0.25) is 4.79 Å². The standard InChI is InChI=1S/C59H96O28/c1-24-34(65)39(70)44(75)49(80-24)85-46-35(66)27(64)20-78-51(46)84-33-10-11-55(3)31(56(33,4)23-63)9-12-58(6)32(55)8-7-25-26-17-54(2,22-62)13-15-59(26,16-14-57(25,58)5)53(77)87-52-47(86-50-45(76)41(72)37(68)29(19-61)82-50)42(73)38(69)30(83-52)21-79-48-43(74)40(71)36(67)28(18-60)81-48/h7,24,26-52,60-76H,8-23H2,1-6H3/t24-,26-,27-,28+,29+,30+,31+,32+,33-,34-,35-,36+,37+,38+,39+,40-,41-,42-,43+,44+,45+,46+,47+,48+,49-,50-,51-,52-,54+,55-,56-,57+,58+,59-/m0/s1. The van der Waals surface area contributed by atoms with Gasteiger partial charge in [-0.2, -0.15) is 0 Å². The first-order chi connectivity index (χ1) is 40.9. The summed E-state index contributed by atoms with van der Waals surface area (Å²) in [6, 6.07) is 0. The van der Waals surface area contributed by atoms with Gasteiger partial charge in [-0.15, -0.1) is 0 Å². The van der Waals surface area contributed by atoms with E-state index in [9.17, 15) is 86.8 Å². The summed E-state index contributed by atoms with van der Waals surface area (Å²) in [5, 5.41) is 184. The number of ether oxygens (including phenoxy) is 10. The van der Waals surface area contributed by atoms with E-state index in [1.165, 1.54) is 6.92 Å². The lowest BCUT2D eigenvalue weighted by molar-refractivity contribution is -0.368. The molecule has 0 amide bonds. The second-order valence-electron chi connectivity index (χ2n) is 28.3. The maximum Gasteiger partial charge on any atom is 0.315 e. The molecule has 28 nitrogen and oxygen atoms in total. The highest BCUT2D eigenvalue weighted by molar-refractivity contribution is 5.79. The first-order valence-electron chi connectivity index (χ1n) is 30.9. The molecule has 500 valence electrons. The number of esters is 1. The molecule has 9 fully saturated rings. The average molecular weight is 1250 g/mol. The van der Waals surface area contributed by atoms with Crippen LogP contribution in [-0.4, -0.2) is 286 Å². The summed E-state index contributed by atoms with van der Waals surface area (Å²) in [6.07, 6.45) is -33.7. The Hall–Kier alpha value is -1.83. The quantitative estimate of drug-likeness (QED) is 0.0417. The van der Waals surface area contributed by atoms with Crippen LogP contribution in [0.4, 0.5) is 0 Å². The maximum atomic E-state index is 15.7. The molecular weight excluding hydrogens is 1160 g/mol. The molecule has 4 saturated carbocycles. The Kier molecular flexibility index (Phi) is 19.9. The van der Waals surface area contributed by atoms with Gasteiger partial charge >= 0.3 is 5.97 Å². The van der Waals surface area contributed by atoms with Gasteiger partial charge in [-0.05, 0) is 111 Å². The van der Waals surface area contributed by atoms with E-state index >= 15 is 4.79 Å². The molecular formula is C59H96O28. The lowest BCUT2D eigenvalue weighted by Crippen LogP contribution is -2.67. The molecule has 0 aromatic rings.